The summed E-state index contributed by atoms with van der Waals surface area (Å²) in [7, 11) is 0. The first kappa shape index (κ1) is 41.5. The van der Waals surface area contributed by atoms with Gasteiger partial charge in [-0.3, -0.25) is 28.8 Å². The average Bonchev–Trinajstić information content (AvgIpc) is 3.88. The number of fused-ring (bicyclic) bond motifs is 4. The quantitative estimate of drug-likeness (QED) is 0.342. The van der Waals surface area contributed by atoms with E-state index >= 15 is 0 Å². The van der Waals surface area contributed by atoms with Crippen LogP contribution in [0.5, 0.6) is 11.5 Å². The van der Waals surface area contributed by atoms with Gasteiger partial charge in [-0.15, -0.1) is 0 Å². The number of carbonyl (C=O) groups excluding carboxylic acids is 7. The van der Waals surface area contributed by atoms with Crippen molar-refractivity contribution in [3.8, 4) is 11.5 Å². The molecule has 16 nitrogen and oxygen atoms in total. The molecule has 4 fully saturated rings. The third-order valence-corrected chi connectivity index (χ3v) is 11.9. The van der Waals surface area contributed by atoms with E-state index in [-0.39, 0.29) is 37.8 Å². The molecule has 0 bridgehead atoms. The lowest BCUT2D eigenvalue weighted by Gasteiger charge is -2.39. The van der Waals surface area contributed by atoms with Crippen LogP contribution in [0.2, 0.25) is 0 Å². The summed E-state index contributed by atoms with van der Waals surface area (Å²) in [5, 5.41) is 8.44. The van der Waals surface area contributed by atoms with E-state index in [0.29, 0.717) is 75.3 Å². The number of aryl methyl sites for hydroxylation is 1. The van der Waals surface area contributed by atoms with Crippen molar-refractivity contribution in [2.24, 2.45) is 5.92 Å². The molecule has 0 saturated carbocycles. The summed E-state index contributed by atoms with van der Waals surface area (Å²) in [5.74, 6) is -2.79. The van der Waals surface area contributed by atoms with Crippen LogP contribution in [0.4, 0.5) is 0 Å². The third kappa shape index (κ3) is 9.47. The molecular weight excluding hydrogens is 761 g/mol. The topological polar surface area (TPSA) is 193 Å². The highest BCUT2D eigenvalue weighted by atomic mass is 16.6. The van der Waals surface area contributed by atoms with Crippen LogP contribution >= 0.6 is 0 Å². The van der Waals surface area contributed by atoms with Crippen molar-refractivity contribution in [1.82, 2.24) is 30.7 Å². The Labute approximate surface area is 343 Å². The number of amides is 6. The fourth-order valence-electron chi connectivity index (χ4n) is 8.90. The summed E-state index contributed by atoms with van der Waals surface area (Å²) in [6.45, 7) is 6.39. The molecule has 2 aromatic rings. The number of hydrogen-bond acceptors (Lipinski definition) is 10. The largest absolute Gasteiger partial charge is 0.486 e. The molecule has 0 unspecified atom stereocenters. The SMILES string of the molecule is Cc1cccc(C[C@H](NC(=O)Cc2ccc3c(c2)OCCO3)C(=O)N[C@H]2COC(=O)[C@@H]3C[C@@H](C)CN3C(=O)[C@H](C)NC(=O)[C@@H]3CCCCN3C(=O)[C@@H]3CCCN3C2=O)c1. The first-order chi connectivity index (χ1) is 28.4. The van der Waals surface area contributed by atoms with E-state index < -0.39 is 78.4 Å². The Hall–Kier alpha value is -5.67. The molecule has 0 aromatic heterocycles. The van der Waals surface area contributed by atoms with Gasteiger partial charge in [0, 0.05) is 26.1 Å². The predicted molar refractivity (Wildman–Crippen MR) is 212 cm³/mol. The van der Waals surface area contributed by atoms with Crippen LogP contribution in [-0.2, 0) is 51.1 Å². The Morgan fingerprint density at radius 3 is 2.34 bits per heavy atom. The van der Waals surface area contributed by atoms with Gasteiger partial charge in [0.2, 0.25) is 35.4 Å². The summed E-state index contributed by atoms with van der Waals surface area (Å²) in [6.07, 6.45) is 2.94. The number of nitrogens with zero attached hydrogens (tertiary/aromatic N) is 3. The van der Waals surface area contributed by atoms with E-state index in [9.17, 15) is 33.6 Å². The van der Waals surface area contributed by atoms with Gasteiger partial charge in [-0.05, 0) is 81.5 Å². The molecule has 0 spiro atoms. The second-order valence-electron chi connectivity index (χ2n) is 16.5. The lowest BCUT2D eigenvalue weighted by molar-refractivity contribution is -0.158. The summed E-state index contributed by atoms with van der Waals surface area (Å²) >= 11 is 0. The second kappa shape index (κ2) is 18.1. The number of benzene rings is 2. The van der Waals surface area contributed by atoms with E-state index in [4.69, 9.17) is 14.2 Å². The highest BCUT2D eigenvalue weighted by Gasteiger charge is 2.46. The summed E-state index contributed by atoms with van der Waals surface area (Å²) in [5.41, 5.74) is 2.35. The molecule has 3 N–H and O–H groups in total. The average molecular weight is 815 g/mol. The van der Waals surface area contributed by atoms with Gasteiger partial charge in [-0.25, -0.2) is 4.79 Å². The predicted octanol–water partition coefficient (Wildman–Crippen LogP) is 1.19. The van der Waals surface area contributed by atoms with Gasteiger partial charge in [-0.2, -0.15) is 0 Å². The first-order valence-corrected chi connectivity index (χ1v) is 20.8. The van der Waals surface area contributed by atoms with Gasteiger partial charge < -0.3 is 44.9 Å². The van der Waals surface area contributed by atoms with E-state index in [1.54, 1.807) is 25.1 Å². The maximum atomic E-state index is 14.6. The number of nitrogens with one attached hydrogen (secondary N) is 3. The zero-order valence-electron chi connectivity index (χ0n) is 33.9. The first-order valence-electron chi connectivity index (χ1n) is 20.8. The van der Waals surface area contributed by atoms with Gasteiger partial charge in [0.25, 0.3) is 0 Å². The molecule has 5 heterocycles. The second-order valence-corrected chi connectivity index (χ2v) is 16.5. The number of hydrogen-bond donors (Lipinski definition) is 3. The highest BCUT2D eigenvalue weighted by molar-refractivity contribution is 5.98. The van der Waals surface area contributed by atoms with Gasteiger partial charge in [-0.1, -0.05) is 42.8 Å². The molecule has 316 valence electrons. The van der Waals surface area contributed by atoms with Crippen molar-refractivity contribution in [1.29, 1.82) is 0 Å². The van der Waals surface area contributed by atoms with Gasteiger partial charge in [0.1, 0.15) is 56.1 Å². The standard InChI is InChI=1S/C43H54N6O10/c1-25-8-6-9-28(18-25)20-30(45-37(50)22-29-12-13-35-36(21-29)58-17-16-57-35)38(51)46-31-24-59-43(56)34-19-26(2)23-49(34)40(53)27(3)44-39(52)32-10-4-5-14-47(32)42(55)33-11-7-15-48(33)41(31)54/h6,8-9,12-13,18,21,26-27,30-34H,4-5,7,10-11,14-17,19-20,22-24H2,1-3H3,(H,44,52)(H,45,50)(H,46,51)/t26-,27+,30+,31+,32+,33+,34+/m1/s1. The fraction of sp³-hybridized carbons (Fsp3) is 0.558. The minimum absolute atomic E-state index is 0.0522. The minimum Gasteiger partial charge on any atom is -0.486 e. The van der Waals surface area contributed by atoms with Crippen LogP contribution < -0.4 is 25.4 Å². The normalized spacial score (nSPS) is 26.9. The Morgan fingerprint density at radius 1 is 0.797 bits per heavy atom. The molecule has 16 heteroatoms. The smallest absolute Gasteiger partial charge is 0.328 e. The van der Waals surface area contributed by atoms with Crippen molar-refractivity contribution in [3.05, 3.63) is 59.2 Å². The van der Waals surface area contributed by atoms with E-state index in [2.05, 4.69) is 16.0 Å². The van der Waals surface area contributed by atoms with E-state index in [1.807, 2.05) is 38.1 Å². The molecule has 4 saturated heterocycles. The van der Waals surface area contributed by atoms with Crippen molar-refractivity contribution < 1.29 is 47.8 Å². The summed E-state index contributed by atoms with van der Waals surface area (Å²) in [4.78, 5) is 103. The number of cyclic esters (lactones) is 1. The van der Waals surface area contributed by atoms with Crippen LogP contribution in [-0.4, -0.2) is 132 Å². The monoisotopic (exact) mass is 814 g/mol. The molecule has 6 amide bonds. The van der Waals surface area contributed by atoms with Crippen LogP contribution in [0, 0.1) is 12.8 Å². The third-order valence-electron chi connectivity index (χ3n) is 11.9. The van der Waals surface area contributed by atoms with E-state index in [1.165, 1.54) is 14.7 Å². The van der Waals surface area contributed by atoms with Crippen molar-refractivity contribution in [3.63, 3.8) is 0 Å². The number of rotatable bonds is 7. The number of piperidine rings is 1. The molecule has 7 atom stereocenters. The lowest BCUT2D eigenvalue weighted by atomic mass is 9.99. The van der Waals surface area contributed by atoms with Gasteiger partial charge in [0.05, 0.1) is 6.42 Å². The summed E-state index contributed by atoms with van der Waals surface area (Å²) in [6, 6.07) is 6.42. The Morgan fingerprint density at radius 2 is 1.54 bits per heavy atom. The minimum atomic E-state index is -1.44. The maximum Gasteiger partial charge on any atom is 0.328 e. The van der Waals surface area contributed by atoms with Crippen molar-refractivity contribution in [2.75, 3.05) is 39.5 Å². The maximum absolute atomic E-state index is 14.6. The fourth-order valence-corrected chi connectivity index (χ4v) is 8.90. The zero-order chi connectivity index (χ0) is 41.8. The number of carbonyl (C=O) groups is 7. The molecule has 0 radical (unpaired) electrons. The van der Waals surface area contributed by atoms with Crippen molar-refractivity contribution in [2.45, 2.75) is 108 Å². The van der Waals surface area contributed by atoms with Crippen LogP contribution in [0.1, 0.15) is 69.1 Å². The molecule has 0 aliphatic carbocycles. The van der Waals surface area contributed by atoms with Crippen LogP contribution in [0.15, 0.2) is 42.5 Å². The Balaban J connectivity index is 1.17. The van der Waals surface area contributed by atoms with E-state index in [0.717, 1.165) is 11.1 Å². The van der Waals surface area contributed by atoms with Crippen molar-refractivity contribution >= 4 is 41.4 Å². The van der Waals surface area contributed by atoms with Crippen LogP contribution in [0.3, 0.4) is 0 Å². The van der Waals surface area contributed by atoms with Crippen LogP contribution in [0.25, 0.3) is 0 Å². The molecule has 5 aliphatic heterocycles. The zero-order valence-corrected chi connectivity index (χ0v) is 33.9. The molecule has 59 heavy (non-hydrogen) atoms. The Bertz CT molecular complexity index is 1970. The molecule has 5 aliphatic rings. The lowest BCUT2D eigenvalue weighted by Crippen LogP contribution is -2.62. The Kier molecular flexibility index (Phi) is 12.7. The highest BCUT2D eigenvalue weighted by Crippen LogP contribution is 2.31. The molecule has 2 aromatic carbocycles. The number of ether oxygens (including phenoxy) is 3. The van der Waals surface area contributed by atoms with Gasteiger partial charge >= 0.3 is 5.97 Å². The molecular formula is C43H54N6O10. The molecule has 7 rings (SSSR count). The van der Waals surface area contributed by atoms with Gasteiger partial charge in [0.15, 0.2) is 11.5 Å². The number of esters is 1. The summed E-state index contributed by atoms with van der Waals surface area (Å²) < 4.78 is 17.1.